The molecule has 0 aliphatic carbocycles. The Morgan fingerprint density at radius 2 is 2.24 bits per heavy atom. The van der Waals surface area contributed by atoms with Gasteiger partial charge in [-0.05, 0) is 31.0 Å². The van der Waals surface area contributed by atoms with E-state index >= 15 is 0 Å². The fraction of sp³-hybridized carbons (Fsp3) is 0.471. The maximum atomic E-state index is 12.5. The fourth-order valence-corrected chi connectivity index (χ4v) is 4.79. The van der Waals surface area contributed by atoms with E-state index in [4.69, 9.17) is 4.74 Å². The van der Waals surface area contributed by atoms with Crippen molar-refractivity contribution in [2.45, 2.75) is 37.2 Å². The number of thioether (sulfide) groups is 1. The van der Waals surface area contributed by atoms with Crippen LogP contribution in [0.1, 0.15) is 35.7 Å². The molecule has 2 N–H and O–H groups in total. The summed E-state index contributed by atoms with van der Waals surface area (Å²) in [6, 6.07) is 4.29. The SMILES string of the molecule is COc1ccc(CNC(=O)[C@H]2CS[C@@]3(C)CCC(=O)N23)cc1C(=O)O. The van der Waals surface area contributed by atoms with Crippen molar-refractivity contribution in [3.8, 4) is 5.75 Å². The molecule has 2 aliphatic heterocycles. The fourth-order valence-electron chi connectivity index (χ4n) is 3.35. The summed E-state index contributed by atoms with van der Waals surface area (Å²) in [4.78, 5) is 37.3. The minimum atomic E-state index is -1.09. The summed E-state index contributed by atoms with van der Waals surface area (Å²) >= 11 is 1.64. The molecule has 2 fully saturated rings. The molecule has 0 spiro atoms. The van der Waals surface area contributed by atoms with Crippen molar-refractivity contribution in [2.24, 2.45) is 0 Å². The molecule has 2 atom stereocenters. The molecular weight excluding hydrogens is 344 g/mol. The molecule has 2 aliphatic rings. The number of benzene rings is 1. The summed E-state index contributed by atoms with van der Waals surface area (Å²) in [6.45, 7) is 2.20. The number of aromatic carboxylic acids is 1. The molecular formula is C17H20N2O5S. The molecule has 0 radical (unpaired) electrons. The first-order chi connectivity index (χ1) is 11.9. The van der Waals surface area contributed by atoms with E-state index in [0.717, 1.165) is 6.42 Å². The number of carboxylic acids is 1. The van der Waals surface area contributed by atoms with E-state index < -0.39 is 12.0 Å². The number of amides is 2. The van der Waals surface area contributed by atoms with E-state index in [1.165, 1.54) is 13.2 Å². The summed E-state index contributed by atoms with van der Waals surface area (Å²) in [5.74, 6) is -0.426. The summed E-state index contributed by atoms with van der Waals surface area (Å²) < 4.78 is 5.02. The number of nitrogens with one attached hydrogen (secondary N) is 1. The number of methoxy groups -OCH3 is 1. The molecule has 0 unspecified atom stereocenters. The van der Waals surface area contributed by atoms with Gasteiger partial charge in [0.2, 0.25) is 11.8 Å². The van der Waals surface area contributed by atoms with E-state index in [9.17, 15) is 19.5 Å². The van der Waals surface area contributed by atoms with Crippen LogP contribution in [-0.4, -0.2) is 51.6 Å². The topological polar surface area (TPSA) is 95.9 Å². The monoisotopic (exact) mass is 364 g/mol. The molecule has 2 heterocycles. The predicted octanol–water partition coefficient (Wildman–Crippen LogP) is 1.46. The van der Waals surface area contributed by atoms with Gasteiger partial charge in [-0.1, -0.05) is 6.07 Å². The van der Waals surface area contributed by atoms with E-state index in [0.29, 0.717) is 17.7 Å². The van der Waals surface area contributed by atoms with Crippen molar-refractivity contribution in [3.63, 3.8) is 0 Å². The Morgan fingerprint density at radius 3 is 2.92 bits per heavy atom. The van der Waals surface area contributed by atoms with Crippen LogP contribution in [0.25, 0.3) is 0 Å². The van der Waals surface area contributed by atoms with Gasteiger partial charge in [0.15, 0.2) is 0 Å². The second kappa shape index (κ2) is 6.59. The van der Waals surface area contributed by atoms with Crippen LogP contribution in [0.3, 0.4) is 0 Å². The molecule has 2 amide bonds. The third-order valence-corrected chi connectivity index (χ3v) is 6.21. The Balaban J connectivity index is 1.68. The Labute approximate surface area is 149 Å². The number of carboxylic acid groups (broad SMARTS) is 1. The number of hydrogen-bond donors (Lipinski definition) is 2. The summed E-state index contributed by atoms with van der Waals surface area (Å²) in [5, 5.41) is 12.0. The molecule has 1 aromatic rings. The minimum Gasteiger partial charge on any atom is -0.496 e. The van der Waals surface area contributed by atoms with Crippen LogP contribution < -0.4 is 10.1 Å². The number of ether oxygens (including phenoxy) is 1. The Bertz CT molecular complexity index is 738. The second-order valence-corrected chi connectivity index (χ2v) is 7.82. The molecule has 8 heteroatoms. The van der Waals surface area contributed by atoms with Gasteiger partial charge < -0.3 is 20.1 Å². The first kappa shape index (κ1) is 17.6. The van der Waals surface area contributed by atoms with Gasteiger partial charge in [-0.3, -0.25) is 9.59 Å². The van der Waals surface area contributed by atoms with Gasteiger partial charge in [0.25, 0.3) is 0 Å². The van der Waals surface area contributed by atoms with Crippen molar-refractivity contribution in [1.29, 1.82) is 0 Å². The lowest BCUT2D eigenvalue weighted by Crippen LogP contribution is -2.49. The van der Waals surface area contributed by atoms with Gasteiger partial charge in [0, 0.05) is 18.7 Å². The zero-order valence-corrected chi connectivity index (χ0v) is 14.9. The summed E-state index contributed by atoms with van der Waals surface area (Å²) in [7, 11) is 1.41. The average Bonchev–Trinajstić information content (AvgIpc) is 3.08. The van der Waals surface area contributed by atoms with E-state index in [-0.39, 0.29) is 34.5 Å². The van der Waals surface area contributed by atoms with Gasteiger partial charge in [0.05, 0.1) is 12.0 Å². The highest BCUT2D eigenvalue weighted by atomic mass is 32.2. The Hall–Kier alpha value is -2.22. The smallest absolute Gasteiger partial charge is 0.339 e. The summed E-state index contributed by atoms with van der Waals surface area (Å²) in [6.07, 6.45) is 1.24. The summed E-state index contributed by atoms with van der Waals surface area (Å²) in [5.41, 5.74) is 0.709. The molecule has 25 heavy (non-hydrogen) atoms. The van der Waals surface area contributed by atoms with Crippen LogP contribution >= 0.6 is 11.8 Å². The number of fused-ring (bicyclic) bond motifs is 1. The van der Waals surface area contributed by atoms with Crippen LogP contribution in [0.4, 0.5) is 0 Å². The van der Waals surface area contributed by atoms with Gasteiger partial charge in [-0.25, -0.2) is 4.79 Å². The molecule has 134 valence electrons. The van der Waals surface area contributed by atoms with Crippen LogP contribution in [0, 0.1) is 0 Å². The highest BCUT2D eigenvalue weighted by molar-refractivity contribution is 8.01. The molecule has 7 nitrogen and oxygen atoms in total. The largest absolute Gasteiger partial charge is 0.496 e. The van der Waals surface area contributed by atoms with Crippen molar-refractivity contribution in [1.82, 2.24) is 10.2 Å². The third kappa shape index (κ3) is 3.18. The first-order valence-electron chi connectivity index (χ1n) is 8.00. The number of nitrogens with zero attached hydrogens (tertiary/aromatic N) is 1. The van der Waals surface area contributed by atoms with E-state index in [1.807, 2.05) is 6.92 Å². The maximum absolute atomic E-state index is 12.5. The molecule has 2 saturated heterocycles. The van der Waals surface area contributed by atoms with Crippen LogP contribution in [0.5, 0.6) is 5.75 Å². The average molecular weight is 364 g/mol. The van der Waals surface area contributed by atoms with Crippen LogP contribution in [-0.2, 0) is 16.1 Å². The zero-order chi connectivity index (χ0) is 18.2. The molecule has 0 bridgehead atoms. The van der Waals surface area contributed by atoms with Crippen molar-refractivity contribution in [3.05, 3.63) is 29.3 Å². The second-order valence-electron chi connectivity index (χ2n) is 6.32. The van der Waals surface area contributed by atoms with E-state index in [1.54, 1.807) is 28.8 Å². The van der Waals surface area contributed by atoms with Gasteiger partial charge >= 0.3 is 5.97 Å². The first-order valence-corrected chi connectivity index (χ1v) is 8.98. The van der Waals surface area contributed by atoms with Crippen LogP contribution in [0.15, 0.2) is 18.2 Å². The number of carbonyl (C=O) groups excluding carboxylic acids is 2. The third-order valence-electron chi connectivity index (χ3n) is 4.71. The maximum Gasteiger partial charge on any atom is 0.339 e. The van der Waals surface area contributed by atoms with Crippen LogP contribution in [0.2, 0.25) is 0 Å². The standard InChI is InChI=1S/C17H20N2O5S/c1-17-6-5-14(20)19(17)12(9-25-17)15(21)18-8-10-3-4-13(24-2)11(7-10)16(22)23/h3-4,7,12H,5-6,8-9H2,1-2H3,(H,18,21)(H,22,23)/t12-,17+/m1/s1. The molecule has 0 saturated carbocycles. The lowest BCUT2D eigenvalue weighted by molar-refractivity contribution is -0.138. The van der Waals surface area contributed by atoms with Crippen molar-refractivity contribution in [2.75, 3.05) is 12.9 Å². The normalized spacial score (nSPS) is 25.0. The molecule has 0 aromatic heterocycles. The Kier molecular flexibility index (Phi) is 4.64. The molecule has 1 aromatic carbocycles. The van der Waals surface area contributed by atoms with Gasteiger partial charge in [-0.15, -0.1) is 11.8 Å². The minimum absolute atomic E-state index is 0.0188. The highest BCUT2D eigenvalue weighted by Crippen LogP contribution is 2.47. The number of hydrogen-bond acceptors (Lipinski definition) is 5. The van der Waals surface area contributed by atoms with Gasteiger partial charge in [0.1, 0.15) is 17.4 Å². The lowest BCUT2D eigenvalue weighted by atomic mass is 10.1. The highest BCUT2D eigenvalue weighted by Gasteiger charge is 2.52. The van der Waals surface area contributed by atoms with Crippen molar-refractivity contribution < 1.29 is 24.2 Å². The quantitative estimate of drug-likeness (QED) is 0.821. The zero-order valence-electron chi connectivity index (χ0n) is 14.1. The van der Waals surface area contributed by atoms with Gasteiger partial charge in [-0.2, -0.15) is 0 Å². The number of carbonyl (C=O) groups is 3. The van der Waals surface area contributed by atoms with Crippen molar-refractivity contribution >= 4 is 29.5 Å². The predicted molar refractivity (Wildman–Crippen MR) is 92.5 cm³/mol. The lowest BCUT2D eigenvalue weighted by Gasteiger charge is -2.29. The number of rotatable bonds is 5. The Morgan fingerprint density at radius 1 is 1.48 bits per heavy atom. The van der Waals surface area contributed by atoms with E-state index in [2.05, 4.69) is 5.32 Å². The molecule has 3 rings (SSSR count).